The van der Waals surface area contributed by atoms with Gasteiger partial charge in [-0.15, -0.1) is 11.3 Å². The third-order valence-electron chi connectivity index (χ3n) is 2.00. The standard InChI is InChI=1S/C9H7N3S/c1-2-11-6-3-9(13-8(1)6)7-4-10-5-12-7/h1-5,11H,(H,10,12). The first-order valence-electron chi connectivity index (χ1n) is 3.99. The molecule has 3 nitrogen and oxygen atoms in total. The van der Waals surface area contributed by atoms with Crippen LogP contribution in [-0.2, 0) is 0 Å². The molecular formula is C9H7N3S. The molecule has 0 aliphatic rings. The van der Waals surface area contributed by atoms with Crippen LogP contribution in [0, 0.1) is 0 Å². The second-order valence-electron chi connectivity index (χ2n) is 2.83. The molecule has 0 saturated heterocycles. The molecule has 3 rings (SSSR count). The fraction of sp³-hybridized carbons (Fsp3) is 0. The Morgan fingerprint density at radius 2 is 2.31 bits per heavy atom. The maximum atomic E-state index is 3.99. The van der Waals surface area contributed by atoms with E-state index in [0.717, 1.165) is 5.69 Å². The van der Waals surface area contributed by atoms with Crippen molar-refractivity contribution < 1.29 is 0 Å². The van der Waals surface area contributed by atoms with Gasteiger partial charge >= 0.3 is 0 Å². The number of H-pyrrole nitrogens is 2. The van der Waals surface area contributed by atoms with Gasteiger partial charge in [-0.1, -0.05) is 0 Å². The number of hydrogen-bond acceptors (Lipinski definition) is 2. The normalized spacial score (nSPS) is 11.1. The Hall–Kier alpha value is -1.55. The van der Waals surface area contributed by atoms with Crippen LogP contribution in [0.1, 0.15) is 0 Å². The zero-order chi connectivity index (χ0) is 8.67. The molecular weight excluding hydrogens is 182 g/mol. The lowest BCUT2D eigenvalue weighted by Crippen LogP contribution is -1.67. The number of imidazole rings is 1. The average molecular weight is 189 g/mol. The lowest BCUT2D eigenvalue weighted by molar-refractivity contribution is 1.32. The van der Waals surface area contributed by atoms with E-state index in [-0.39, 0.29) is 0 Å². The highest BCUT2D eigenvalue weighted by Gasteiger charge is 2.04. The number of hydrogen-bond donors (Lipinski definition) is 2. The van der Waals surface area contributed by atoms with Gasteiger partial charge in [-0.2, -0.15) is 0 Å². The van der Waals surface area contributed by atoms with Gasteiger partial charge in [0.15, 0.2) is 0 Å². The molecule has 0 saturated carbocycles. The summed E-state index contributed by atoms with van der Waals surface area (Å²) in [6.45, 7) is 0. The minimum Gasteiger partial charge on any atom is -0.360 e. The summed E-state index contributed by atoms with van der Waals surface area (Å²) in [7, 11) is 0. The minimum absolute atomic E-state index is 1.08. The second-order valence-corrected chi connectivity index (χ2v) is 3.92. The summed E-state index contributed by atoms with van der Waals surface area (Å²) in [5.41, 5.74) is 2.27. The van der Waals surface area contributed by atoms with Gasteiger partial charge < -0.3 is 9.97 Å². The molecule has 0 spiro atoms. The van der Waals surface area contributed by atoms with Crippen molar-refractivity contribution in [3.8, 4) is 10.6 Å². The fourth-order valence-corrected chi connectivity index (χ4v) is 2.37. The van der Waals surface area contributed by atoms with Crippen molar-refractivity contribution >= 4 is 21.6 Å². The molecule has 0 aromatic carbocycles. The van der Waals surface area contributed by atoms with E-state index in [4.69, 9.17) is 0 Å². The quantitative estimate of drug-likeness (QED) is 0.607. The first kappa shape index (κ1) is 6.91. The first-order chi connectivity index (χ1) is 6.43. The highest BCUT2D eigenvalue weighted by molar-refractivity contribution is 7.22. The highest BCUT2D eigenvalue weighted by Crippen LogP contribution is 2.31. The van der Waals surface area contributed by atoms with Crippen molar-refractivity contribution in [3.63, 3.8) is 0 Å². The molecule has 0 aliphatic heterocycles. The van der Waals surface area contributed by atoms with Crippen molar-refractivity contribution in [2.45, 2.75) is 0 Å². The minimum atomic E-state index is 1.08. The van der Waals surface area contributed by atoms with Crippen LogP contribution in [0.15, 0.2) is 30.9 Å². The number of rotatable bonds is 1. The number of nitrogens with one attached hydrogen (secondary N) is 2. The fourth-order valence-electron chi connectivity index (χ4n) is 1.37. The van der Waals surface area contributed by atoms with Gasteiger partial charge in [-0.05, 0) is 12.1 Å². The molecule has 64 valence electrons. The molecule has 2 N–H and O–H groups in total. The second kappa shape index (κ2) is 2.47. The molecule has 3 aromatic rings. The maximum Gasteiger partial charge on any atom is 0.0924 e. The van der Waals surface area contributed by atoms with Crippen LogP contribution < -0.4 is 0 Å². The Morgan fingerprint density at radius 3 is 3.08 bits per heavy atom. The molecule has 0 fully saturated rings. The smallest absolute Gasteiger partial charge is 0.0924 e. The van der Waals surface area contributed by atoms with Crippen LogP contribution in [0.5, 0.6) is 0 Å². The number of fused-ring (bicyclic) bond motifs is 1. The van der Waals surface area contributed by atoms with Crippen molar-refractivity contribution in [3.05, 3.63) is 30.9 Å². The topological polar surface area (TPSA) is 44.5 Å². The van der Waals surface area contributed by atoms with E-state index < -0.39 is 0 Å². The van der Waals surface area contributed by atoms with Crippen LogP contribution in [0.25, 0.3) is 20.8 Å². The Kier molecular flexibility index (Phi) is 1.31. The van der Waals surface area contributed by atoms with Crippen molar-refractivity contribution in [2.75, 3.05) is 0 Å². The van der Waals surface area contributed by atoms with Gasteiger partial charge in [-0.25, -0.2) is 4.98 Å². The van der Waals surface area contributed by atoms with Gasteiger partial charge in [0.2, 0.25) is 0 Å². The number of nitrogens with zero attached hydrogens (tertiary/aromatic N) is 1. The molecule has 3 heterocycles. The van der Waals surface area contributed by atoms with Gasteiger partial charge in [0.1, 0.15) is 0 Å². The molecule has 0 aliphatic carbocycles. The van der Waals surface area contributed by atoms with Crippen molar-refractivity contribution in [1.29, 1.82) is 0 Å². The monoisotopic (exact) mass is 189 g/mol. The molecule has 0 atom stereocenters. The van der Waals surface area contributed by atoms with E-state index in [1.807, 2.05) is 12.4 Å². The molecule has 0 radical (unpaired) electrons. The van der Waals surface area contributed by atoms with Crippen LogP contribution in [-0.4, -0.2) is 15.0 Å². The zero-order valence-corrected chi connectivity index (χ0v) is 7.56. The third-order valence-corrected chi connectivity index (χ3v) is 3.13. The molecule has 13 heavy (non-hydrogen) atoms. The maximum absolute atomic E-state index is 3.99. The summed E-state index contributed by atoms with van der Waals surface area (Å²) >= 11 is 1.76. The van der Waals surface area contributed by atoms with Crippen LogP contribution in [0.4, 0.5) is 0 Å². The summed E-state index contributed by atoms with van der Waals surface area (Å²) in [4.78, 5) is 11.5. The van der Waals surface area contributed by atoms with Gasteiger partial charge in [-0.3, -0.25) is 0 Å². The van der Waals surface area contributed by atoms with E-state index in [1.54, 1.807) is 17.7 Å². The van der Waals surface area contributed by atoms with Gasteiger partial charge in [0.25, 0.3) is 0 Å². The Balaban J connectivity index is 2.23. The molecule has 0 bridgehead atoms. The number of aromatic amines is 2. The Morgan fingerprint density at radius 1 is 1.31 bits per heavy atom. The van der Waals surface area contributed by atoms with E-state index in [9.17, 15) is 0 Å². The van der Waals surface area contributed by atoms with Crippen molar-refractivity contribution in [2.24, 2.45) is 0 Å². The number of aromatic nitrogens is 3. The summed E-state index contributed by atoms with van der Waals surface area (Å²) in [5.74, 6) is 0. The first-order valence-corrected chi connectivity index (χ1v) is 4.81. The summed E-state index contributed by atoms with van der Waals surface area (Å²) in [5, 5.41) is 0. The number of thiophene rings is 1. The third kappa shape index (κ3) is 0.990. The predicted molar refractivity (Wildman–Crippen MR) is 53.8 cm³/mol. The Bertz CT molecular complexity index is 489. The van der Waals surface area contributed by atoms with Crippen LogP contribution in [0.2, 0.25) is 0 Å². The predicted octanol–water partition coefficient (Wildman–Crippen LogP) is 2.62. The molecule has 0 amide bonds. The average Bonchev–Trinajstić information content (AvgIpc) is 2.78. The van der Waals surface area contributed by atoms with Crippen LogP contribution in [0.3, 0.4) is 0 Å². The van der Waals surface area contributed by atoms with E-state index in [0.29, 0.717) is 0 Å². The zero-order valence-electron chi connectivity index (χ0n) is 6.74. The van der Waals surface area contributed by atoms with Gasteiger partial charge in [0.05, 0.1) is 33.3 Å². The summed E-state index contributed by atoms with van der Waals surface area (Å²) in [6.07, 6.45) is 5.49. The van der Waals surface area contributed by atoms with Gasteiger partial charge in [0, 0.05) is 6.20 Å². The summed E-state index contributed by atoms with van der Waals surface area (Å²) < 4.78 is 1.28. The summed E-state index contributed by atoms with van der Waals surface area (Å²) in [6, 6.07) is 4.22. The van der Waals surface area contributed by atoms with Crippen LogP contribution >= 0.6 is 11.3 Å². The lowest BCUT2D eigenvalue weighted by atomic mass is 10.3. The Labute approximate surface area is 78.4 Å². The lowest BCUT2D eigenvalue weighted by Gasteiger charge is -1.86. The van der Waals surface area contributed by atoms with E-state index in [2.05, 4.69) is 27.1 Å². The molecule has 3 aromatic heterocycles. The SMILES string of the molecule is c1ncc(-c2cc3[nH]ccc3s2)[nH]1. The molecule has 0 unspecified atom stereocenters. The van der Waals surface area contributed by atoms with Crippen molar-refractivity contribution in [1.82, 2.24) is 15.0 Å². The van der Waals surface area contributed by atoms with E-state index in [1.165, 1.54) is 15.1 Å². The largest absolute Gasteiger partial charge is 0.360 e. The highest BCUT2D eigenvalue weighted by atomic mass is 32.1. The molecule has 4 heteroatoms. The van der Waals surface area contributed by atoms with E-state index >= 15 is 0 Å².